The van der Waals surface area contributed by atoms with Crippen LogP contribution in [0.2, 0.25) is 0 Å². The van der Waals surface area contributed by atoms with E-state index in [1.807, 2.05) is 45.3 Å². The van der Waals surface area contributed by atoms with E-state index in [2.05, 4.69) is 20.6 Å². The van der Waals surface area contributed by atoms with Gasteiger partial charge in [0.2, 0.25) is 0 Å². The summed E-state index contributed by atoms with van der Waals surface area (Å²) in [7, 11) is -0.354. The van der Waals surface area contributed by atoms with E-state index in [1.54, 1.807) is 12.1 Å². The van der Waals surface area contributed by atoms with Crippen molar-refractivity contribution in [1.29, 1.82) is 0 Å². The maximum Gasteiger partial charge on any atom is 0.294 e. The Balaban J connectivity index is 0.000000186. The minimum Gasteiger partial charge on any atom is -0.370 e. The topological polar surface area (TPSA) is 104 Å². The minimum absolute atomic E-state index is 0.0666. The summed E-state index contributed by atoms with van der Waals surface area (Å²) in [6.07, 6.45) is 0. The minimum atomic E-state index is -4.02. The van der Waals surface area contributed by atoms with Crippen LogP contribution >= 0.6 is 0 Å². The van der Waals surface area contributed by atoms with E-state index in [9.17, 15) is 8.42 Å². The van der Waals surface area contributed by atoms with Gasteiger partial charge in [0, 0.05) is 14.1 Å². The van der Waals surface area contributed by atoms with Crippen LogP contribution in [0.25, 0.3) is 11.0 Å². The lowest BCUT2D eigenvalue weighted by Crippen LogP contribution is -2.02. The van der Waals surface area contributed by atoms with E-state index < -0.39 is 10.1 Å². The maximum atomic E-state index is 10.5. The standard InChI is InChI=1S/C10H12N4.C7H8O3S/c1-11-9-10(12-2)14-8-6-4-3-5-7(8)13-9;1-6-2-4-7(5-3-6)11(8,9)10/h3-6H,1-2H3,(H,11,13)(H,12,14);2-5H,1H3,(H,8,9,10). The number of nitrogens with one attached hydrogen (secondary N) is 2. The second kappa shape index (κ2) is 7.91. The number of aryl methyl sites for hydroxylation is 1. The average Bonchev–Trinajstić information content (AvgIpc) is 2.60. The molecule has 0 atom stereocenters. The molecule has 3 rings (SSSR count). The Labute approximate surface area is 146 Å². The summed E-state index contributed by atoms with van der Waals surface area (Å²) >= 11 is 0. The summed E-state index contributed by atoms with van der Waals surface area (Å²) in [4.78, 5) is 8.79. The van der Waals surface area contributed by atoms with Gasteiger partial charge in [-0.15, -0.1) is 0 Å². The van der Waals surface area contributed by atoms with Crippen molar-refractivity contribution in [3.63, 3.8) is 0 Å². The van der Waals surface area contributed by atoms with Crippen LogP contribution in [-0.2, 0) is 10.1 Å². The Hall–Kier alpha value is -2.71. The molecule has 0 aliphatic heterocycles. The average molecular weight is 360 g/mol. The van der Waals surface area contributed by atoms with Crippen molar-refractivity contribution in [3.8, 4) is 0 Å². The first kappa shape index (κ1) is 18.6. The van der Waals surface area contributed by atoms with E-state index in [1.165, 1.54) is 12.1 Å². The number of aromatic nitrogens is 2. The van der Waals surface area contributed by atoms with Gasteiger partial charge in [-0.3, -0.25) is 4.55 Å². The highest BCUT2D eigenvalue weighted by Gasteiger charge is 2.07. The van der Waals surface area contributed by atoms with Gasteiger partial charge in [0.1, 0.15) is 0 Å². The van der Waals surface area contributed by atoms with Crippen molar-refractivity contribution in [2.45, 2.75) is 11.8 Å². The first-order chi connectivity index (χ1) is 11.8. The van der Waals surface area contributed by atoms with Crippen molar-refractivity contribution in [2.75, 3.05) is 24.7 Å². The van der Waals surface area contributed by atoms with E-state index in [-0.39, 0.29) is 4.90 Å². The van der Waals surface area contributed by atoms with Crippen molar-refractivity contribution >= 4 is 32.8 Å². The predicted molar refractivity (Wildman–Crippen MR) is 99.6 cm³/mol. The van der Waals surface area contributed by atoms with Crippen LogP contribution in [0.1, 0.15) is 5.56 Å². The second-order valence-electron chi connectivity index (χ2n) is 5.20. The van der Waals surface area contributed by atoms with E-state index >= 15 is 0 Å². The monoisotopic (exact) mass is 360 g/mol. The fraction of sp³-hybridized carbons (Fsp3) is 0.176. The fourth-order valence-electron chi connectivity index (χ4n) is 2.06. The molecule has 0 aliphatic rings. The summed E-state index contributed by atoms with van der Waals surface area (Å²) in [6.45, 7) is 1.84. The zero-order chi connectivity index (χ0) is 18.4. The molecule has 0 unspecified atom stereocenters. The van der Waals surface area contributed by atoms with Gasteiger partial charge in [-0.1, -0.05) is 29.8 Å². The largest absolute Gasteiger partial charge is 0.370 e. The molecule has 1 aromatic heterocycles. The molecular formula is C17H20N4O3S. The van der Waals surface area contributed by atoms with Crippen LogP contribution in [0.5, 0.6) is 0 Å². The Morgan fingerprint density at radius 1 is 0.840 bits per heavy atom. The Kier molecular flexibility index (Phi) is 5.89. The molecule has 0 bridgehead atoms. The lowest BCUT2D eigenvalue weighted by atomic mass is 10.2. The van der Waals surface area contributed by atoms with E-state index in [4.69, 9.17) is 4.55 Å². The van der Waals surface area contributed by atoms with Gasteiger partial charge in [0.15, 0.2) is 11.6 Å². The third-order valence-electron chi connectivity index (χ3n) is 3.36. The zero-order valence-electron chi connectivity index (χ0n) is 14.2. The van der Waals surface area contributed by atoms with E-state index in [0.717, 1.165) is 28.2 Å². The van der Waals surface area contributed by atoms with E-state index in [0.29, 0.717) is 0 Å². The number of hydrogen-bond acceptors (Lipinski definition) is 6. The third kappa shape index (κ3) is 4.88. The number of fused-ring (bicyclic) bond motifs is 1. The Morgan fingerprint density at radius 2 is 1.28 bits per heavy atom. The van der Waals surface area contributed by atoms with Crippen molar-refractivity contribution < 1.29 is 13.0 Å². The van der Waals surface area contributed by atoms with Crippen LogP contribution in [-0.4, -0.2) is 37.0 Å². The van der Waals surface area contributed by atoms with Crippen LogP contribution in [0.15, 0.2) is 53.4 Å². The SMILES string of the molecule is CNc1nc2ccccc2nc1NC.Cc1ccc(S(=O)(=O)O)cc1. The number of anilines is 2. The number of rotatable bonds is 3. The molecule has 2 aromatic carbocycles. The molecule has 0 saturated carbocycles. The number of hydrogen-bond donors (Lipinski definition) is 3. The van der Waals surface area contributed by atoms with Gasteiger partial charge in [-0.25, -0.2) is 9.97 Å². The zero-order valence-corrected chi connectivity index (χ0v) is 15.0. The van der Waals surface area contributed by atoms with Crippen molar-refractivity contribution in [3.05, 3.63) is 54.1 Å². The summed E-state index contributed by atoms with van der Waals surface area (Å²) in [6, 6.07) is 13.8. The molecule has 0 saturated heterocycles. The van der Waals surface area contributed by atoms with Crippen LogP contribution in [0, 0.1) is 6.92 Å². The second-order valence-corrected chi connectivity index (χ2v) is 6.62. The molecule has 3 aromatic rings. The quantitative estimate of drug-likeness (QED) is 0.617. The summed E-state index contributed by atoms with van der Waals surface area (Å²) < 4.78 is 29.6. The number of nitrogens with zero attached hydrogens (tertiary/aromatic N) is 2. The van der Waals surface area contributed by atoms with Gasteiger partial charge in [0.25, 0.3) is 10.1 Å². The maximum absolute atomic E-state index is 10.5. The highest BCUT2D eigenvalue weighted by molar-refractivity contribution is 7.85. The third-order valence-corrected chi connectivity index (χ3v) is 4.23. The molecule has 0 radical (unpaired) electrons. The van der Waals surface area contributed by atoms with Gasteiger partial charge >= 0.3 is 0 Å². The number of benzene rings is 2. The fourth-order valence-corrected chi connectivity index (χ4v) is 2.54. The molecular weight excluding hydrogens is 340 g/mol. The smallest absolute Gasteiger partial charge is 0.294 e. The van der Waals surface area contributed by atoms with Crippen LogP contribution in [0.4, 0.5) is 11.6 Å². The first-order valence-electron chi connectivity index (χ1n) is 7.51. The molecule has 8 heteroatoms. The molecule has 0 fully saturated rings. The summed E-state index contributed by atoms with van der Waals surface area (Å²) in [5, 5.41) is 6.01. The highest BCUT2D eigenvalue weighted by Crippen LogP contribution is 2.19. The molecule has 7 nitrogen and oxygen atoms in total. The van der Waals surface area contributed by atoms with Gasteiger partial charge < -0.3 is 10.6 Å². The highest BCUT2D eigenvalue weighted by atomic mass is 32.2. The predicted octanol–water partition coefficient (Wildman–Crippen LogP) is 2.95. The Bertz CT molecular complexity index is 915. The molecule has 132 valence electrons. The van der Waals surface area contributed by atoms with Crippen LogP contribution < -0.4 is 10.6 Å². The molecule has 3 N–H and O–H groups in total. The molecule has 1 heterocycles. The molecule has 0 spiro atoms. The molecule has 0 amide bonds. The lowest BCUT2D eigenvalue weighted by molar-refractivity contribution is 0.483. The van der Waals surface area contributed by atoms with Crippen LogP contribution in [0.3, 0.4) is 0 Å². The first-order valence-corrected chi connectivity index (χ1v) is 8.95. The number of para-hydroxylation sites is 2. The molecule has 25 heavy (non-hydrogen) atoms. The van der Waals surface area contributed by atoms with Gasteiger partial charge in [-0.05, 0) is 31.2 Å². The summed E-state index contributed by atoms with van der Waals surface area (Å²) in [5.41, 5.74) is 2.75. The van der Waals surface area contributed by atoms with Crippen molar-refractivity contribution in [2.24, 2.45) is 0 Å². The normalized spacial score (nSPS) is 10.7. The molecule has 0 aliphatic carbocycles. The van der Waals surface area contributed by atoms with Gasteiger partial charge in [0.05, 0.1) is 15.9 Å². The van der Waals surface area contributed by atoms with Gasteiger partial charge in [-0.2, -0.15) is 8.42 Å². The summed E-state index contributed by atoms with van der Waals surface area (Å²) in [5.74, 6) is 1.54. The Morgan fingerprint density at radius 3 is 1.64 bits per heavy atom. The van der Waals surface area contributed by atoms with Crippen molar-refractivity contribution in [1.82, 2.24) is 9.97 Å². The lowest BCUT2D eigenvalue weighted by Gasteiger charge is -2.07.